The molecular weight excluding hydrogens is 200 g/mol. The van der Waals surface area contributed by atoms with Crippen LogP contribution in [0.1, 0.15) is 20.8 Å². The molecule has 0 aromatic carbocycles. The molecule has 0 unspecified atom stereocenters. The Bertz CT molecular complexity index is 191. The first-order chi connectivity index (χ1) is 6.84. The molecule has 15 heavy (non-hydrogen) atoms. The van der Waals surface area contributed by atoms with Gasteiger partial charge >= 0.3 is 6.09 Å². The Labute approximate surface area is 89.9 Å². The smallest absolute Gasteiger partial charge is 0.404 e. The molecule has 0 atom stereocenters. The largest absolute Gasteiger partial charge is 0.447 e. The fourth-order valence-corrected chi connectivity index (χ4v) is 0.790. The Kier molecular flexibility index (Phi) is 6.23. The van der Waals surface area contributed by atoms with Crippen LogP contribution in [0.3, 0.4) is 0 Å². The Hall–Kier alpha value is -0.850. The minimum Gasteiger partial charge on any atom is -0.447 e. The molecule has 0 fully saturated rings. The summed E-state index contributed by atoms with van der Waals surface area (Å²) in [6.45, 7) is 6.86. The van der Waals surface area contributed by atoms with Crippen molar-refractivity contribution in [2.75, 3.05) is 26.4 Å². The molecule has 3 N–H and O–H groups in total. The Balaban J connectivity index is 3.35. The second-order valence-electron chi connectivity index (χ2n) is 4.07. The molecule has 0 saturated carbocycles. The van der Waals surface area contributed by atoms with Gasteiger partial charge in [0.05, 0.1) is 13.2 Å². The molecule has 0 radical (unpaired) electrons. The standard InChI is InChI=1S/C9H20N2O4/c1-9(2,3)11(13)4-5-14-6-7-15-8(10)12/h13H,4-7H2,1-3H3,(H2,10,12). The van der Waals surface area contributed by atoms with E-state index in [2.05, 4.69) is 4.74 Å². The number of rotatable bonds is 6. The first kappa shape index (κ1) is 14.2. The molecule has 1 amide bonds. The van der Waals surface area contributed by atoms with E-state index in [1.807, 2.05) is 20.8 Å². The summed E-state index contributed by atoms with van der Waals surface area (Å²) in [5.41, 5.74) is 4.45. The Morgan fingerprint density at radius 1 is 1.33 bits per heavy atom. The third kappa shape index (κ3) is 8.17. The minimum atomic E-state index is -0.808. The molecular formula is C9H20N2O4. The zero-order valence-electron chi connectivity index (χ0n) is 9.52. The van der Waals surface area contributed by atoms with Gasteiger partial charge in [-0.3, -0.25) is 0 Å². The van der Waals surface area contributed by atoms with Crippen LogP contribution in [0.25, 0.3) is 0 Å². The van der Waals surface area contributed by atoms with Crippen LogP contribution >= 0.6 is 0 Å². The highest BCUT2D eigenvalue weighted by Gasteiger charge is 2.18. The number of hydrogen-bond acceptors (Lipinski definition) is 5. The van der Waals surface area contributed by atoms with Crippen LogP contribution < -0.4 is 5.73 Å². The summed E-state index contributed by atoms with van der Waals surface area (Å²) in [5.74, 6) is 0. The Morgan fingerprint density at radius 3 is 2.40 bits per heavy atom. The van der Waals surface area contributed by atoms with E-state index in [1.165, 1.54) is 5.06 Å². The third-order valence-electron chi connectivity index (χ3n) is 1.69. The third-order valence-corrected chi connectivity index (χ3v) is 1.69. The molecule has 0 heterocycles. The summed E-state index contributed by atoms with van der Waals surface area (Å²) < 4.78 is 9.57. The van der Waals surface area contributed by atoms with E-state index in [-0.39, 0.29) is 18.8 Å². The lowest BCUT2D eigenvalue weighted by Crippen LogP contribution is -2.40. The fourth-order valence-electron chi connectivity index (χ4n) is 0.790. The van der Waals surface area contributed by atoms with Crippen molar-refractivity contribution >= 4 is 6.09 Å². The molecule has 0 spiro atoms. The summed E-state index contributed by atoms with van der Waals surface area (Å²) in [6.07, 6.45) is -0.808. The highest BCUT2D eigenvalue weighted by Crippen LogP contribution is 2.08. The first-order valence-corrected chi connectivity index (χ1v) is 4.80. The van der Waals surface area contributed by atoms with Crippen molar-refractivity contribution in [3.05, 3.63) is 0 Å². The van der Waals surface area contributed by atoms with Crippen molar-refractivity contribution < 1.29 is 19.5 Å². The lowest BCUT2D eigenvalue weighted by atomic mass is 10.1. The molecule has 0 aliphatic carbocycles. The van der Waals surface area contributed by atoms with E-state index >= 15 is 0 Å². The van der Waals surface area contributed by atoms with Gasteiger partial charge in [-0.15, -0.1) is 0 Å². The van der Waals surface area contributed by atoms with E-state index in [0.29, 0.717) is 13.2 Å². The average molecular weight is 220 g/mol. The molecule has 0 aliphatic heterocycles. The summed E-state index contributed by atoms with van der Waals surface area (Å²) in [7, 11) is 0. The van der Waals surface area contributed by atoms with Crippen LogP contribution in [0.4, 0.5) is 4.79 Å². The minimum absolute atomic E-state index is 0.135. The number of hydrogen-bond donors (Lipinski definition) is 2. The average Bonchev–Trinajstić information content (AvgIpc) is 2.08. The van der Waals surface area contributed by atoms with Crippen molar-refractivity contribution in [3.63, 3.8) is 0 Å². The van der Waals surface area contributed by atoms with Gasteiger partial charge in [-0.05, 0) is 20.8 Å². The maximum Gasteiger partial charge on any atom is 0.404 e. The van der Waals surface area contributed by atoms with Crippen molar-refractivity contribution in [3.8, 4) is 0 Å². The lowest BCUT2D eigenvalue weighted by molar-refractivity contribution is -0.164. The van der Waals surface area contributed by atoms with E-state index in [4.69, 9.17) is 10.5 Å². The van der Waals surface area contributed by atoms with E-state index in [0.717, 1.165) is 0 Å². The van der Waals surface area contributed by atoms with E-state index < -0.39 is 6.09 Å². The van der Waals surface area contributed by atoms with Crippen molar-refractivity contribution in [1.82, 2.24) is 5.06 Å². The van der Waals surface area contributed by atoms with Crippen LogP contribution in [-0.2, 0) is 9.47 Å². The van der Waals surface area contributed by atoms with Crippen molar-refractivity contribution in [1.29, 1.82) is 0 Å². The van der Waals surface area contributed by atoms with Crippen LogP contribution in [0.2, 0.25) is 0 Å². The zero-order valence-corrected chi connectivity index (χ0v) is 9.52. The van der Waals surface area contributed by atoms with Gasteiger partial charge in [-0.1, -0.05) is 0 Å². The van der Waals surface area contributed by atoms with E-state index in [1.54, 1.807) is 0 Å². The number of ether oxygens (including phenoxy) is 2. The maximum atomic E-state index is 10.2. The molecule has 0 saturated heterocycles. The van der Waals surface area contributed by atoms with Crippen LogP contribution in [0.5, 0.6) is 0 Å². The number of hydroxylamine groups is 2. The number of amides is 1. The SMILES string of the molecule is CC(C)(C)N(O)CCOCCOC(N)=O. The van der Waals surface area contributed by atoms with Crippen molar-refractivity contribution in [2.24, 2.45) is 5.73 Å². The fraction of sp³-hybridized carbons (Fsp3) is 0.889. The van der Waals surface area contributed by atoms with Gasteiger partial charge in [0.15, 0.2) is 0 Å². The van der Waals surface area contributed by atoms with Crippen LogP contribution in [0, 0.1) is 0 Å². The van der Waals surface area contributed by atoms with Crippen LogP contribution in [-0.4, -0.2) is 48.3 Å². The summed E-state index contributed by atoms with van der Waals surface area (Å²) >= 11 is 0. The van der Waals surface area contributed by atoms with Gasteiger partial charge in [-0.25, -0.2) is 4.79 Å². The molecule has 6 nitrogen and oxygen atoms in total. The second kappa shape index (κ2) is 6.60. The van der Waals surface area contributed by atoms with Crippen molar-refractivity contribution in [2.45, 2.75) is 26.3 Å². The number of nitrogens with zero attached hydrogens (tertiary/aromatic N) is 1. The number of primary amides is 1. The molecule has 0 aliphatic rings. The predicted octanol–water partition coefficient (Wildman–Crippen LogP) is 0.588. The molecule has 0 aromatic heterocycles. The van der Waals surface area contributed by atoms with Gasteiger partial charge in [0, 0.05) is 12.1 Å². The highest BCUT2D eigenvalue weighted by molar-refractivity contribution is 5.64. The second-order valence-corrected chi connectivity index (χ2v) is 4.07. The lowest BCUT2D eigenvalue weighted by Gasteiger charge is -2.29. The number of carbonyl (C=O) groups excluding carboxylic acids is 1. The van der Waals surface area contributed by atoms with Gasteiger partial charge in [-0.2, -0.15) is 5.06 Å². The summed E-state index contributed by atoms with van der Waals surface area (Å²) in [5, 5.41) is 10.7. The topological polar surface area (TPSA) is 85.0 Å². The predicted molar refractivity (Wildman–Crippen MR) is 54.6 cm³/mol. The quantitative estimate of drug-likeness (QED) is 0.505. The molecule has 0 rings (SSSR count). The maximum absolute atomic E-state index is 10.2. The summed E-state index contributed by atoms with van der Waals surface area (Å²) in [4.78, 5) is 10.2. The molecule has 6 heteroatoms. The highest BCUT2D eigenvalue weighted by atomic mass is 16.6. The van der Waals surface area contributed by atoms with Gasteiger partial charge < -0.3 is 20.4 Å². The normalized spacial score (nSPS) is 11.8. The zero-order chi connectivity index (χ0) is 11.9. The van der Waals surface area contributed by atoms with Gasteiger partial charge in [0.1, 0.15) is 6.61 Å². The Morgan fingerprint density at radius 2 is 1.93 bits per heavy atom. The van der Waals surface area contributed by atoms with E-state index in [9.17, 15) is 10.0 Å². The van der Waals surface area contributed by atoms with Gasteiger partial charge in [0.25, 0.3) is 0 Å². The van der Waals surface area contributed by atoms with Crippen LogP contribution in [0.15, 0.2) is 0 Å². The first-order valence-electron chi connectivity index (χ1n) is 4.80. The number of carbonyl (C=O) groups is 1. The molecule has 0 bridgehead atoms. The molecule has 0 aromatic rings. The van der Waals surface area contributed by atoms with Gasteiger partial charge in [0.2, 0.25) is 0 Å². The monoisotopic (exact) mass is 220 g/mol. The number of nitrogens with two attached hydrogens (primary N) is 1. The summed E-state index contributed by atoms with van der Waals surface area (Å²) in [6, 6.07) is 0. The molecule has 90 valence electrons.